The molecule has 3 aromatic heterocycles. The highest BCUT2D eigenvalue weighted by Gasteiger charge is 2.26. The number of rotatable bonds is 8. The molecule has 0 spiro atoms. The lowest BCUT2D eigenvalue weighted by Crippen LogP contribution is -2.17. The normalized spacial score (nSPS) is 11.6. The topological polar surface area (TPSA) is 110 Å². The first kappa shape index (κ1) is 28.2. The highest BCUT2D eigenvalue weighted by atomic mass is 32.2. The van der Waals surface area contributed by atoms with Crippen LogP contribution < -0.4 is 10.0 Å². The van der Waals surface area contributed by atoms with Gasteiger partial charge in [0, 0.05) is 35.3 Å². The summed E-state index contributed by atoms with van der Waals surface area (Å²) in [5.74, 6) is -3.15. The van der Waals surface area contributed by atoms with Crippen LogP contribution in [0.1, 0.15) is 30.5 Å². The number of hydrogen-bond donors (Lipinski definition) is 2. The maximum atomic E-state index is 14.8. The monoisotopic (exact) mass is 596 g/mol. The van der Waals surface area contributed by atoms with Gasteiger partial charge in [-0.15, -0.1) is 11.3 Å². The van der Waals surface area contributed by atoms with Crippen molar-refractivity contribution in [1.29, 1.82) is 0 Å². The minimum Gasteiger partial charge on any atom is -0.324 e. The Balaban J connectivity index is 1.55. The van der Waals surface area contributed by atoms with Crippen molar-refractivity contribution >= 4 is 38.7 Å². The number of thiazole rings is 1. The van der Waals surface area contributed by atoms with Crippen LogP contribution in [-0.4, -0.2) is 28.4 Å². The first-order chi connectivity index (χ1) is 19.5. The van der Waals surface area contributed by atoms with Gasteiger partial charge in [-0.2, -0.15) is 0 Å². The van der Waals surface area contributed by atoms with Gasteiger partial charge in [-0.05, 0) is 55.5 Å². The van der Waals surface area contributed by atoms with Crippen molar-refractivity contribution in [2.24, 2.45) is 0 Å². The maximum Gasteiger partial charge on any atom is 0.267 e. The highest BCUT2D eigenvalue weighted by molar-refractivity contribution is 7.92. The second-order valence-corrected chi connectivity index (χ2v) is 12.0. The van der Waals surface area contributed by atoms with Crippen LogP contribution in [0.3, 0.4) is 0 Å². The maximum absolute atomic E-state index is 14.8. The lowest BCUT2D eigenvalue weighted by atomic mass is 10.1. The lowest BCUT2D eigenvalue weighted by molar-refractivity contribution is 0.521. The van der Waals surface area contributed by atoms with E-state index in [4.69, 9.17) is 4.98 Å². The number of halogens is 3. The Hall–Kier alpha value is -4.36. The summed E-state index contributed by atoms with van der Waals surface area (Å²) < 4.78 is 70.9. The van der Waals surface area contributed by atoms with E-state index in [1.54, 1.807) is 24.5 Å². The Labute approximate surface area is 238 Å². The largest absolute Gasteiger partial charge is 0.324 e. The summed E-state index contributed by atoms with van der Waals surface area (Å²) in [6, 6.07) is 11.7. The van der Waals surface area contributed by atoms with Crippen LogP contribution in [0.2, 0.25) is 0 Å². The summed E-state index contributed by atoms with van der Waals surface area (Å²) in [6.45, 7) is 5.81. The van der Waals surface area contributed by atoms with E-state index in [2.05, 4.69) is 20.3 Å². The van der Waals surface area contributed by atoms with E-state index in [1.807, 2.05) is 31.6 Å². The minimum atomic E-state index is -4.80. The number of nitrogens with one attached hydrogen (secondary N) is 2. The molecule has 13 heteroatoms. The van der Waals surface area contributed by atoms with Gasteiger partial charge in [-0.1, -0.05) is 19.9 Å². The Morgan fingerprint density at radius 3 is 2.32 bits per heavy atom. The van der Waals surface area contributed by atoms with Gasteiger partial charge in [0.25, 0.3) is 10.0 Å². The third kappa shape index (κ3) is 6.05. The molecule has 0 aliphatic carbocycles. The van der Waals surface area contributed by atoms with Gasteiger partial charge in [0.1, 0.15) is 17.5 Å². The van der Waals surface area contributed by atoms with Crippen molar-refractivity contribution in [3.05, 3.63) is 95.1 Å². The zero-order chi connectivity index (χ0) is 29.3. The van der Waals surface area contributed by atoms with Crippen LogP contribution >= 0.6 is 11.3 Å². The van der Waals surface area contributed by atoms with Crippen molar-refractivity contribution < 1.29 is 21.6 Å². The smallest absolute Gasteiger partial charge is 0.267 e. The number of aromatic nitrogens is 4. The molecule has 2 N–H and O–H groups in total. The van der Waals surface area contributed by atoms with E-state index in [1.165, 1.54) is 23.5 Å². The molecule has 41 heavy (non-hydrogen) atoms. The van der Waals surface area contributed by atoms with Crippen LogP contribution in [0, 0.1) is 24.4 Å². The summed E-state index contributed by atoms with van der Waals surface area (Å²) >= 11 is 1.39. The molecule has 0 saturated carbocycles. The number of pyridine rings is 1. The van der Waals surface area contributed by atoms with Gasteiger partial charge >= 0.3 is 0 Å². The third-order valence-electron chi connectivity index (χ3n) is 5.85. The number of anilines is 3. The molecule has 0 aliphatic rings. The summed E-state index contributed by atoms with van der Waals surface area (Å²) in [5, 5.41) is 3.92. The van der Waals surface area contributed by atoms with Gasteiger partial charge in [-0.3, -0.25) is 9.71 Å². The fourth-order valence-corrected chi connectivity index (χ4v) is 6.19. The predicted molar refractivity (Wildman–Crippen MR) is 152 cm³/mol. The average Bonchev–Trinajstić information content (AvgIpc) is 3.36. The van der Waals surface area contributed by atoms with Crippen molar-refractivity contribution in [1.82, 2.24) is 19.9 Å². The van der Waals surface area contributed by atoms with Crippen molar-refractivity contribution in [2.45, 2.75) is 31.6 Å². The number of benzene rings is 2. The van der Waals surface area contributed by atoms with Crippen molar-refractivity contribution in [3.8, 4) is 21.8 Å². The molecule has 5 rings (SSSR count). The van der Waals surface area contributed by atoms with E-state index in [-0.39, 0.29) is 5.92 Å². The van der Waals surface area contributed by atoms with Crippen molar-refractivity contribution in [3.63, 3.8) is 0 Å². The summed E-state index contributed by atoms with van der Waals surface area (Å²) in [4.78, 5) is 17.3. The second kappa shape index (κ2) is 11.3. The quantitative estimate of drug-likeness (QED) is 0.197. The van der Waals surface area contributed by atoms with Crippen LogP contribution in [0.15, 0.2) is 71.9 Å². The molecular weight excluding hydrogens is 573 g/mol. The van der Waals surface area contributed by atoms with Gasteiger partial charge in [0.15, 0.2) is 4.90 Å². The van der Waals surface area contributed by atoms with E-state index in [0.29, 0.717) is 27.8 Å². The van der Waals surface area contributed by atoms with E-state index in [9.17, 15) is 21.6 Å². The minimum absolute atomic E-state index is 0.0502. The van der Waals surface area contributed by atoms with Crippen LogP contribution in [-0.2, 0) is 10.0 Å². The first-order valence-corrected chi connectivity index (χ1v) is 14.6. The molecule has 0 fully saturated rings. The van der Waals surface area contributed by atoms with E-state index in [0.717, 1.165) is 40.7 Å². The lowest BCUT2D eigenvalue weighted by Gasteiger charge is -2.12. The van der Waals surface area contributed by atoms with Gasteiger partial charge in [-0.25, -0.2) is 36.5 Å². The molecule has 0 radical (unpaired) electrons. The van der Waals surface area contributed by atoms with E-state index >= 15 is 0 Å². The molecule has 210 valence electrons. The zero-order valence-electron chi connectivity index (χ0n) is 22.0. The third-order valence-corrected chi connectivity index (χ3v) is 8.64. The molecule has 0 aliphatic heterocycles. The summed E-state index contributed by atoms with van der Waals surface area (Å²) in [5.41, 5.74) is 2.41. The predicted octanol–water partition coefficient (Wildman–Crippen LogP) is 7.06. The van der Waals surface area contributed by atoms with Gasteiger partial charge in [0.2, 0.25) is 5.95 Å². The second-order valence-electron chi connectivity index (χ2n) is 9.31. The van der Waals surface area contributed by atoms with E-state index < -0.39 is 38.1 Å². The molecule has 0 saturated heterocycles. The Morgan fingerprint density at radius 2 is 1.61 bits per heavy atom. The van der Waals surface area contributed by atoms with Gasteiger partial charge < -0.3 is 5.32 Å². The number of sulfonamides is 1. The van der Waals surface area contributed by atoms with Crippen molar-refractivity contribution in [2.75, 3.05) is 10.0 Å². The molecule has 0 unspecified atom stereocenters. The van der Waals surface area contributed by atoms with Crippen LogP contribution in [0.25, 0.3) is 21.8 Å². The Kier molecular flexibility index (Phi) is 7.74. The average molecular weight is 597 g/mol. The first-order valence-electron chi connectivity index (χ1n) is 12.3. The Bertz CT molecular complexity index is 1840. The SMILES string of the molecule is Cc1cc(Nc2nccc(-c3sc(C(C)C)nc3-c3ccc(F)c(NS(=O)(=O)c4c(F)cccc4F)c3)n2)ccn1. The van der Waals surface area contributed by atoms with Crippen LogP contribution in [0.4, 0.5) is 30.5 Å². The summed E-state index contributed by atoms with van der Waals surface area (Å²) in [6.07, 6.45) is 3.25. The molecule has 0 atom stereocenters. The Morgan fingerprint density at radius 1 is 0.878 bits per heavy atom. The molecule has 8 nitrogen and oxygen atoms in total. The zero-order valence-corrected chi connectivity index (χ0v) is 23.6. The molecule has 3 heterocycles. The molecule has 0 bridgehead atoms. The fraction of sp³-hybridized carbons (Fsp3) is 0.143. The molecule has 2 aromatic carbocycles. The highest BCUT2D eigenvalue weighted by Crippen LogP contribution is 2.40. The standard InChI is InChI=1S/C28H23F3N6O2S2/c1-15(2)27-36-24(25(40-27)22-10-12-33-28(35-22)34-18-9-11-32-16(3)13-18)17-7-8-19(29)23(14-17)37-41(38,39)26-20(30)5-4-6-21(26)31/h4-15,37H,1-3H3,(H,32,33,34,35). The molecular formula is C28H23F3N6O2S2. The fourth-order valence-electron chi connectivity index (χ4n) is 3.94. The number of aryl methyl sites for hydroxylation is 1. The van der Waals surface area contributed by atoms with Crippen LogP contribution in [0.5, 0.6) is 0 Å². The molecule has 0 amide bonds. The summed E-state index contributed by atoms with van der Waals surface area (Å²) in [7, 11) is -4.80. The number of nitrogens with zero attached hydrogens (tertiary/aromatic N) is 4. The number of hydrogen-bond acceptors (Lipinski definition) is 8. The molecule has 5 aromatic rings. The van der Waals surface area contributed by atoms with Gasteiger partial charge in [0.05, 0.1) is 27.0 Å².